The number of amides is 1. The van der Waals surface area contributed by atoms with Gasteiger partial charge in [-0.2, -0.15) is 0 Å². The van der Waals surface area contributed by atoms with Crippen molar-refractivity contribution in [2.45, 2.75) is 0 Å². The molecule has 0 radical (unpaired) electrons. The monoisotopic (exact) mass is 399 g/mol. The fraction of sp³-hybridized carbons (Fsp3) is 0. The maximum Gasteiger partial charge on any atom is 0.248 e. The maximum atomic E-state index is 13.2. The minimum atomic E-state index is -0.487. The van der Waals surface area contributed by atoms with Crippen LogP contribution in [-0.4, -0.2) is 21.5 Å². The number of carbonyl (C=O) groups is 1. The molecule has 2 heterocycles. The van der Waals surface area contributed by atoms with Crippen LogP contribution in [0, 0.1) is 11.2 Å². The van der Waals surface area contributed by atoms with Crippen LogP contribution in [0.4, 0.5) is 4.39 Å². The van der Waals surface area contributed by atoms with E-state index in [0.29, 0.717) is 28.0 Å². The van der Waals surface area contributed by atoms with Crippen molar-refractivity contribution >= 4 is 29.0 Å². The van der Waals surface area contributed by atoms with E-state index < -0.39 is 5.91 Å². The molecule has 0 spiro atoms. The van der Waals surface area contributed by atoms with Crippen LogP contribution >= 0.6 is 0 Å². The van der Waals surface area contributed by atoms with E-state index in [1.807, 2.05) is 22.7 Å². The molecule has 4 aromatic rings. The topological polar surface area (TPSA) is 110 Å². The van der Waals surface area contributed by atoms with Crippen molar-refractivity contribution in [3.63, 3.8) is 0 Å². The molecular formula is C23H18FN5O. The van der Waals surface area contributed by atoms with Crippen molar-refractivity contribution in [1.82, 2.24) is 9.38 Å². The van der Waals surface area contributed by atoms with E-state index >= 15 is 0 Å². The molecule has 0 fully saturated rings. The summed E-state index contributed by atoms with van der Waals surface area (Å²) in [6, 6.07) is 16.4. The van der Waals surface area contributed by atoms with E-state index in [9.17, 15) is 9.18 Å². The van der Waals surface area contributed by atoms with Crippen molar-refractivity contribution in [3.05, 3.63) is 95.6 Å². The van der Waals surface area contributed by atoms with E-state index in [1.54, 1.807) is 42.6 Å². The summed E-state index contributed by atoms with van der Waals surface area (Å²) >= 11 is 0. The molecular weight excluding hydrogens is 381 g/mol. The zero-order valence-corrected chi connectivity index (χ0v) is 15.8. The first kappa shape index (κ1) is 19.1. The largest absolute Gasteiger partial charge is 0.398 e. The SMILES string of the molecule is N=CC(=C(N)c1ccc(F)cc1)c1ccc2ncc(-c3ccc(C(N)=O)cc3)n2c1. The number of imidazole rings is 1. The third-order valence-corrected chi connectivity index (χ3v) is 4.87. The number of pyridine rings is 1. The minimum absolute atomic E-state index is 0.352. The first-order chi connectivity index (χ1) is 14.5. The number of benzene rings is 2. The number of rotatable bonds is 5. The second-order valence-electron chi connectivity index (χ2n) is 6.71. The molecule has 6 nitrogen and oxygen atoms in total. The molecule has 2 aromatic heterocycles. The van der Waals surface area contributed by atoms with Crippen LogP contribution in [0.5, 0.6) is 0 Å². The number of fused-ring (bicyclic) bond motifs is 1. The van der Waals surface area contributed by atoms with Gasteiger partial charge in [-0.3, -0.25) is 9.20 Å². The van der Waals surface area contributed by atoms with Gasteiger partial charge in [0.05, 0.1) is 11.9 Å². The molecule has 0 aliphatic rings. The lowest BCUT2D eigenvalue weighted by molar-refractivity contribution is 0.100. The molecule has 148 valence electrons. The Bertz CT molecular complexity index is 1290. The molecule has 0 aliphatic heterocycles. The highest BCUT2D eigenvalue weighted by molar-refractivity contribution is 6.17. The molecule has 0 aliphatic carbocycles. The highest BCUT2D eigenvalue weighted by atomic mass is 19.1. The smallest absolute Gasteiger partial charge is 0.248 e. The summed E-state index contributed by atoms with van der Waals surface area (Å²) in [5, 5.41) is 7.87. The number of halogens is 1. The van der Waals surface area contributed by atoms with E-state index in [0.717, 1.165) is 16.9 Å². The van der Waals surface area contributed by atoms with Crippen LogP contribution in [0.15, 0.2) is 73.1 Å². The lowest BCUT2D eigenvalue weighted by Crippen LogP contribution is -2.10. The van der Waals surface area contributed by atoms with Crippen molar-refractivity contribution in [2.24, 2.45) is 11.5 Å². The first-order valence-electron chi connectivity index (χ1n) is 9.12. The zero-order valence-electron chi connectivity index (χ0n) is 15.8. The summed E-state index contributed by atoms with van der Waals surface area (Å²) < 4.78 is 15.1. The molecule has 5 N–H and O–H groups in total. The fourth-order valence-electron chi connectivity index (χ4n) is 3.26. The van der Waals surface area contributed by atoms with Gasteiger partial charge in [0.1, 0.15) is 11.5 Å². The lowest BCUT2D eigenvalue weighted by Gasteiger charge is -2.10. The average molecular weight is 399 g/mol. The first-order valence-corrected chi connectivity index (χ1v) is 9.12. The van der Waals surface area contributed by atoms with Crippen molar-refractivity contribution in [2.75, 3.05) is 0 Å². The van der Waals surface area contributed by atoms with Gasteiger partial charge in [0.15, 0.2) is 0 Å². The highest BCUT2D eigenvalue weighted by Crippen LogP contribution is 2.26. The van der Waals surface area contributed by atoms with E-state index in [-0.39, 0.29) is 5.82 Å². The average Bonchev–Trinajstić information content (AvgIpc) is 3.18. The van der Waals surface area contributed by atoms with Gasteiger partial charge in [-0.05, 0) is 54.1 Å². The summed E-state index contributed by atoms with van der Waals surface area (Å²) in [6.45, 7) is 0. The number of nitrogens with one attached hydrogen (secondary N) is 1. The van der Waals surface area contributed by atoms with Crippen LogP contribution in [0.2, 0.25) is 0 Å². The second kappa shape index (κ2) is 7.63. The van der Waals surface area contributed by atoms with Gasteiger partial charge in [-0.15, -0.1) is 0 Å². The standard InChI is InChI=1S/C23H18FN5O/c24-18-8-5-15(6-9-18)22(26)19(11-25)17-7-10-21-28-12-20(29(21)13-17)14-1-3-16(4-2-14)23(27)30/h1-13,25H,26H2,(H2,27,30). The Morgan fingerprint density at radius 2 is 1.57 bits per heavy atom. The van der Waals surface area contributed by atoms with E-state index in [2.05, 4.69) is 4.98 Å². The van der Waals surface area contributed by atoms with Gasteiger partial charge in [-0.1, -0.05) is 12.1 Å². The Balaban J connectivity index is 1.81. The Morgan fingerprint density at radius 3 is 2.20 bits per heavy atom. The number of aromatic nitrogens is 2. The second-order valence-corrected chi connectivity index (χ2v) is 6.71. The lowest BCUT2D eigenvalue weighted by atomic mass is 10.0. The number of hydrogen-bond donors (Lipinski definition) is 3. The number of primary amides is 1. The molecule has 30 heavy (non-hydrogen) atoms. The Labute approximate surface area is 171 Å². The summed E-state index contributed by atoms with van der Waals surface area (Å²) in [5.74, 6) is -0.839. The molecule has 2 aromatic carbocycles. The minimum Gasteiger partial charge on any atom is -0.398 e. The molecule has 0 saturated heterocycles. The van der Waals surface area contributed by atoms with Crippen molar-refractivity contribution < 1.29 is 9.18 Å². The van der Waals surface area contributed by atoms with Gasteiger partial charge in [-0.25, -0.2) is 9.37 Å². The van der Waals surface area contributed by atoms with Crippen molar-refractivity contribution in [1.29, 1.82) is 5.41 Å². The summed E-state index contributed by atoms with van der Waals surface area (Å²) in [7, 11) is 0. The van der Waals surface area contributed by atoms with Crippen LogP contribution in [0.1, 0.15) is 21.5 Å². The Hall–Kier alpha value is -4.26. The summed E-state index contributed by atoms with van der Waals surface area (Å²) in [6.07, 6.45) is 4.75. The number of hydrogen-bond acceptors (Lipinski definition) is 4. The fourth-order valence-corrected chi connectivity index (χ4v) is 3.26. The molecule has 0 bridgehead atoms. The number of allylic oxidation sites excluding steroid dienone is 1. The third kappa shape index (κ3) is 3.44. The zero-order chi connectivity index (χ0) is 21.3. The van der Waals surface area contributed by atoms with Crippen LogP contribution < -0.4 is 11.5 Å². The Morgan fingerprint density at radius 1 is 0.933 bits per heavy atom. The van der Waals surface area contributed by atoms with Crippen LogP contribution in [0.3, 0.4) is 0 Å². The molecule has 0 atom stereocenters. The van der Waals surface area contributed by atoms with E-state index in [1.165, 1.54) is 18.3 Å². The molecule has 1 amide bonds. The van der Waals surface area contributed by atoms with Crippen molar-refractivity contribution in [3.8, 4) is 11.3 Å². The predicted molar refractivity (Wildman–Crippen MR) is 115 cm³/mol. The van der Waals surface area contributed by atoms with Gasteiger partial charge >= 0.3 is 0 Å². The van der Waals surface area contributed by atoms with Crippen LogP contribution in [-0.2, 0) is 0 Å². The number of nitrogens with zero attached hydrogens (tertiary/aromatic N) is 2. The Kier molecular flexibility index (Phi) is 4.85. The number of carbonyl (C=O) groups excluding carboxylic acids is 1. The maximum absolute atomic E-state index is 13.2. The van der Waals surface area contributed by atoms with Gasteiger partial charge in [0, 0.05) is 40.4 Å². The predicted octanol–water partition coefficient (Wildman–Crippen LogP) is 3.72. The number of nitrogens with two attached hydrogens (primary N) is 2. The van der Waals surface area contributed by atoms with Crippen LogP contribution in [0.25, 0.3) is 28.2 Å². The van der Waals surface area contributed by atoms with Gasteiger partial charge in [0.25, 0.3) is 0 Å². The van der Waals surface area contributed by atoms with Gasteiger partial charge in [0.2, 0.25) is 5.91 Å². The van der Waals surface area contributed by atoms with Gasteiger partial charge < -0.3 is 16.9 Å². The third-order valence-electron chi connectivity index (χ3n) is 4.87. The molecule has 7 heteroatoms. The summed E-state index contributed by atoms with van der Waals surface area (Å²) in [4.78, 5) is 15.7. The molecule has 0 unspecified atom stereocenters. The molecule has 4 rings (SSSR count). The molecule has 0 saturated carbocycles. The van der Waals surface area contributed by atoms with E-state index in [4.69, 9.17) is 16.9 Å². The highest BCUT2D eigenvalue weighted by Gasteiger charge is 2.12. The summed E-state index contributed by atoms with van der Waals surface area (Å²) in [5.41, 5.74) is 16.6. The normalized spacial score (nSPS) is 11.9. The quantitative estimate of drug-likeness (QED) is 0.445.